The Morgan fingerprint density at radius 1 is 1.06 bits per heavy atom. The number of aromatic nitrogens is 6. The number of pyridine rings is 3. The predicted octanol–water partition coefficient (Wildman–Crippen LogP) is 4.99. The molecule has 2 N–H and O–H groups in total. The van der Waals surface area contributed by atoms with Crippen LogP contribution in [0.3, 0.4) is 0 Å². The Morgan fingerprint density at radius 3 is 2.48 bits per heavy atom. The monoisotopic (exact) mass is 456 g/mol. The second-order valence-electron chi connectivity index (χ2n) is 7.07. The fourth-order valence-corrected chi connectivity index (χ4v) is 3.56. The van der Waals surface area contributed by atoms with Crippen molar-refractivity contribution < 1.29 is 4.79 Å². The van der Waals surface area contributed by atoms with Crippen LogP contribution in [0, 0.1) is 6.92 Å². The minimum absolute atomic E-state index is 0.0745. The molecule has 0 saturated heterocycles. The SMILES string of the molecule is Cc1nc(-n2nccn2)c(Cl)cc1NC(=O)Nc1cnc2ccc(Cl)nc2c1C(C)C. The van der Waals surface area contributed by atoms with Crippen molar-refractivity contribution in [3.63, 3.8) is 0 Å². The van der Waals surface area contributed by atoms with Crippen molar-refractivity contribution in [1.82, 2.24) is 29.9 Å². The third-order valence-corrected chi connectivity index (χ3v) is 5.04. The summed E-state index contributed by atoms with van der Waals surface area (Å²) in [4.78, 5) is 27.2. The zero-order valence-corrected chi connectivity index (χ0v) is 18.4. The molecule has 2 amide bonds. The minimum Gasteiger partial charge on any atom is -0.306 e. The number of aryl methyl sites for hydroxylation is 1. The fraction of sp³-hybridized carbons (Fsp3) is 0.200. The number of amides is 2. The minimum atomic E-state index is -0.462. The number of urea groups is 1. The molecule has 4 aromatic rings. The molecular weight excluding hydrogens is 439 g/mol. The van der Waals surface area contributed by atoms with Crippen molar-refractivity contribution in [3.05, 3.63) is 58.2 Å². The van der Waals surface area contributed by atoms with Gasteiger partial charge in [0.05, 0.1) is 51.7 Å². The van der Waals surface area contributed by atoms with Crippen LogP contribution < -0.4 is 10.6 Å². The summed E-state index contributed by atoms with van der Waals surface area (Å²) in [6.07, 6.45) is 4.66. The van der Waals surface area contributed by atoms with E-state index in [1.54, 1.807) is 31.3 Å². The summed E-state index contributed by atoms with van der Waals surface area (Å²) in [5.41, 5.74) is 3.76. The Morgan fingerprint density at radius 2 is 1.77 bits per heavy atom. The number of nitrogens with one attached hydrogen (secondary N) is 2. The van der Waals surface area contributed by atoms with Gasteiger partial charge in [0.2, 0.25) is 0 Å². The van der Waals surface area contributed by atoms with E-state index in [0.717, 1.165) is 5.56 Å². The molecule has 0 aromatic carbocycles. The van der Waals surface area contributed by atoms with E-state index < -0.39 is 6.03 Å². The van der Waals surface area contributed by atoms with E-state index in [2.05, 4.69) is 35.8 Å². The molecule has 4 rings (SSSR count). The maximum atomic E-state index is 12.7. The van der Waals surface area contributed by atoms with E-state index >= 15 is 0 Å². The lowest BCUT2D eigenvalue weighted by molar-refractivity contribution is 0.262. The van der Waals surface area contributed by atoms with Gasteiger partial charge in [-0.15, -0.1) is 4.80 Å². The molecule has 4 heterocycles. The number of fused-ring (bicyclic) bond motifs is 1. The Bertz CT molecular complexity index is 1270. The zero-order valence-electron chi connectivity index (χ0n) is 16.9. The van der Waals surface area contributed by atoms with Crippen LogP contribution in [0.5, 0.6) is 0 Å². The fourth-order valence-electron chi connectivity index (χ4n) is 3.18. The van der Waals surface area contributed by atoms with Gasteiger partial charge in [0, 0.05) is 5.56 Å². The van der Waals surface area contributed by atoms with E-state index in [1.807, 2.05) is 13.8 Å². The number of hydrogen-bond donors (Lipinski definition) is 2. The van der Waals surface area contributed by atoms with Crippen molar-refractivity contribution >= 4 is 51.6 Å². The summed E-state index contributed by atoms with van der Waals surface area (Å²) in [6, 6.07) is 4.62. The van der Waals surface area contributed by atoms with Gasteiger partial charge in [0.25, 0.3) is 0 Å². The molecule has 0 aliphatic rings. The zero-order chi connectivity index (χ0) is 22.1. The number of halogens is 2. The summed E-state index contributed by atoms with van der Waals surface area (Å²) < 4.78 is 0. The van der Waals surface area contributed by atoms with Crippen molar-refractivity contribution in [2.45, 2.75) is 26.7 Å². The number of carbonyl (C=O) groups is 1. The second-order valence-corrected chi connectivity index (χ2v) is 7.86. The van der Waals surface area contributed by atoms with Gasteiger partial charge in [0.15, 0.2) is 5.82 Å². The van der Waals surface area contributed by atoms with Crippen LogP contribution in [0.15, 0.2) is 36.8 Å². The largest absolute Gasteiger partial charge is 0.323 e. The lowest BCUT2D eigenvalue weighted by Gasteiger charge is -2.17. The molecule has 0 aliphatic carbocycles. The highest BCUT2D eigenvalue weighted by Gasteiger charge is 2.17. The number of hydrogen-bond acceptors (Lipinski definition) is 6. The Hall–Kier alpha value is -3.30. The smallest absolute Gasteiger partial charge is 0.306 e. The van der Waals surface area contributed by atoms with Gasteiger partial charge in [-0.3, -0.25) is 4.98 Å². The molecule has 0 spiro atoms. The van der Waals surface area contributed by atoms with Gasteiger partial charge < -0.3 is 10.6 Å². The lowest BCUT2D eigenvalue weighted by Crippen LogP contribution is -2.22. The van der Waals surface area contributed by atoms with Crippen LogP contribution >= 0.6 is 23.2 Å². The maximum Gasteiger partial charge on any atom is 0.323 e. The van der Waals surface area contributed by atoms with Crippen LogP contribution in [0.2, 0.25) is 10.2 Å². The molecule has 158 valence electrons. The van der Waals surface area contributed by atoms with Gasteiger partial charge in [-0.1, -0.05) is 37.0 Å². The Kier molecular flexibility index (Phi) is 5.71. The average molecular weight is 457 g/mol. The Labute approximate surface area is 187 Å². The molecule has 11 heteroatoms. The van der Waals surface area contributed by atoms with Crippen LogP contribution in [0.1, 0.15) is 31.0 Å². The first-order valence-electron chi connectivity index (χ1n) is 9.40. The number of anilines is 2. The summed E-state index contributed by atoms with van der Waals surface area (Å²) in [6.45, 7) is 5.77. The van der Waals surface area contributed by atoms with Crippen molar-refractivity contribution in [2.24, 2.45) is 0 Å². The first kappa shape index (κ1) is 21.0. The summed E-state index contributed by atoms with van der Waals surface area (Å²) in [5, 5.41) is 14.3. The molecule has 0 radical (unpaired) electrons. The predicted molar refractivity (Wildman–Crippen MR) is 120 cm³/mol. The molecule has 0 unspecified atom stereocenters. The Balaban J connectivity index is 1.62. The molecule has 0 atom stereocenters. The van der Waals surface area contributed by atoms with Crippen molar-refractivity contribution in [3.8, 4) is 5.82 Å². The molecule has 0 fully saturated rings. The van der Waals surface area contributed by atoms with Crippen LogP contribution in [0.25, 0.3) is 16.9 Å². The lowest BCUT2D eigenvalue weighted by atomic mass is 10.0. The van der Waals surface area contributed by atoms with E-state index in [4.69, 9.17) is 23.2 Å². The van der Waals surface area contributed by atoms with E-state index in [-0.39, 0.29) is 5.92 Å². The number of rotatable bonds is 4. The first-order valence-corrected chi connectivity index (χ1v) is 10.2. The summed E-state index contributed by atoms with van der Waals surface area (Å²) in [5.74, 6) is 0.448. The number of nitrogens with zero attached hydrogens (tertiary/aromatic N) is 6. The van der Waals surface area contributed by atoms with Crippen LogP contribution in [0.4, 0.5) is 16.2 Å². The average Bonchev–Trinajstić information content (AvgIpc) is 3.24. The first-order chi connectivity index (χ1) is 14.8. The standard InChI is InChI=1S/C20H18Cl2N8O/c1-10(2)17-15(9-23-13-4-5-16(22)29-18(13)17)28-20(31)27-14-8-12(21)19(26-11(14)3)30-24-6-7-25-30/h4-10H,1-3H3,(H2,27,28,31). The van der Waals surface area contributed by atoms with Gasteiger partial charge in [-0.25, -0.2) is 14.8 Å². The molecular formula is C20H18Cl2N8O. The van der Waals surface area contributed by atoms with E-state index in [0.29, 0.717) is 44.1 Å². The quantitative estimate of drug-likeness (QED) is 0.418. The molecule has 0 aliphatic heterocycles. The maximum absolute atomic E-state index is 12.7. The van der Waals surface area contributed by atoms with Gasteiger partial charge in [0.1, 0.15) is 5.15 Å². The second kappa shape index (κ2) is 8.44. The van der Waals surface area contributed by atoms with Crippen LogP contribution in [-0.2, 0) is 0 Å². The highest BCUT2D eigenvalue weighted by atomic mass is 35.5. The van der Waals surface area contributed by atoms with Crippen molar-refractivity contribution in [2.75, 3.05) is 10.6 Å². The third kappa shape index (κ3) is 4.28. The topological polar surface area (TPSA) is 111 Å². The highest BCUT2D eigenvalue weighted by molar-refractivity contribution is 6.32. The van der Waals surface area contributed by atoms with Gasteiger partial charge in [-0.2, -0.15) is 10.2 Å². The summed E-state index contributed by atoms with van der Waals surface area (Å²) >= 11 is 12.4. The van der Waals surface area contributed by atoms with Gasteiger partial charge >= 0.3 is 6.03 Å². The van der Waals surface area contributed by atoms with Gasteiger partial charge in [-0.05, 0) is 31.0 Å². The van der Waals surface area contributed by atoms with Crippen LogP contribution in [-0.4, -0.2) is 36.0 Å². The molecule has 0 bridgehead atoms. The highest BCUT2D eigenvalue weighted by Crippen LogP contribution is 2.31. The normalized spacial score (nSPS) is 11.2. The van der Waals surface area contributed by atoms with Crippen molar-refractivity contribution in [1.29, 1.82) is 0 Å². The third-order valence-electron chi connectivity index (χ3n) is 4.55. The summed E-state index contributed by atoms with van der Waals surface area (Å²) in [7, 11) is 0. The van der Waals surface area contributed by atoms with E-state index in [1.165, 1.54) is 17.2 Å². The number of carbonyl (C=O) groups excluding carboxylic acids is 1. The molecule has 9 nitrogen and oxygen atoms in total. The molecule has 31 heavy (non-hydrogen) atoms. The molecule has 4 aromatic heterocycles. The molecule has 0 saturated carbocycles. The van der Waals surface area contributed by atoms with E-state index in [9.17, 15) is 4.79 Å².